The van der Waals surface area contributed by atoms with Crippen LogP contribution in [0.1, 0.15) is 41.5 Å². The van der Waals surface area contributed by atoms with E-state index in [2.05, 4.69) is 22.6 Å². The second-order valence-electron chi connectivity index (χ2n) is 5.63. The molecule has 5 heteroatoms. The summed E-state index contributed by atoms with van der Waals surface area (Å²) in [4.78, 5) is 1.36. The smallest absolute Gasteiger partial charge is 0.138 e. The number of hydrogen-bond donors (Lipinski definition) is 1. The number of ether oxygens (including phenoxy) is 1. The predicted octanol–water partition coefficient (Wildman–Crippen LogP) is 4.02. The molecule has 0 saturated carbocycles. The van der Waals surface area contributed by atoms with Gasteiger partial charge in [-0.05, 0) is 56.2 Å². The Morgan fingerprint density at radius 1 is 1.41 bits per heavy atom. The summed E-state index contributed by atoms with van der Waals surface area (Å²) in [6, 6.07) is 6.73. The fourth-order valence-electron chi connectivity index (χ4n) is 2.87. The van der Waals surface area contributed by atoms with E-state index in [0.29, 0.717) is 6.04 Å². The zero-order valence-electron chi connectivity index (χ0n) is 13.3. The van der Waals surface area contributed by atoms with Gasteiger partial charge in [0.05, 0.1) is 12.8 Å². The van der Waals surface area contributed by atoms with E-state index in [-0.39, 0.29) is 0 Å². The van der Waals surface area contributed by atoms with Crippen molar-refractivity contribution in [2.24, 2.45) is 0 Å². The second-order valence-corrected chi connectivity index (χ2v) is 6.77. The van der Waals surface area contributed by atoms with Gasteiger partial charge in [0, 0.05) is 23.0 Å². The third-order valence-electron chi connectivity index (χ3n) is 4.19. The van der Waals surface area contributed by atoms with Gasteiger partial charge in [-0.25, -0.2) is 0 Å². The molecule has 1 aromatic heterocycles. The summed E-state index contributed by atoms with van der Waals surface area (Å²) in [6.45, 7) is 4.75. The Morgan fingerprint density at radius 2 is 2.27 bits per heavy atom. The van der Waals surface area contributed by atoms with Crippen LogP contribution in [0.25, 0.3) is 0 Å². The maximum atomic E-state index is 5.40. The van der Waals surface area contributed by atoms with Gasteiger partial charge in [-0.15, -0.1) is 11.8 Å². The lowest BCUT2D eigenvalue weighted by Gasteiger charge is -2.19. The SMILES string of the molecule is COc1ccc2c(c1)[C@H](NCc1c(C)noc1C)CCCS2. The molecular formula is C17H22N2O2S. The number of nitrogens with zero attached hydrogens (tertiary/aromatic N) is 1. The van der Waals surface area contributed by atoms with Gasteiger partial charge in [-0.2, -0.15) is 0 Å². The van der Waals surface area contributed by atoms with Crippen molar-refractivity contribution in [3.63, 3.8) is 0 Å². The van der Waals surface area contributed by atoms with E-state index in [1.165, 1.54) is 28.2 Å². The minimum Gasteiger partial charge on any atom is -0.497 e. The molecule has 0 fully saturated rings. The average Bonchev–Trinajstić information content (AvgIpc) is 2.74. The number of benzene rings is 1. The largest absolute Gasteiger partial charge is 0.497 e. The quantitative estimate of drug-likeness (QED) is 0.922. The topological polar surface area (TPSA) is 47.3 Å². The lowest BCUT2D eigenvalue weighted by atomic mass is 10.0. The van der Waals surface area contributed by atoms with Crippen molar-refractivity contribution in [3.8, 4) is 5.75 Å². The van der Waals surface area contributed by atoms with E-state index in [4.69, 9.17) is 9.26 Å². The van der Waals surface area contributed by atoms with Crippen LogP contribution >= 0.6 is 11.8 Å². The number of fused-ring (bicyclic) bond motifs is 1. The van der Waals surface area contributed by atoms with Crippen LogP contribution in [0.5, 0.6) is 5.75 Å². The van der Waals surface area contributed by atoms with E-state index >= 15 is 0 Å². The number of hydrogen-bond acceptors (Lipinski definition) is 5. The molecular weight excluding hydrogens is 296 g/mol. The molecule has 0 bridgehead atoms. The van der Waals surface area contributed by atoms with E-state index in [1.807, 2.05) is 31.7 Å². The van der Waals surface area contributed by atoms with E-state index in [9.17, 15) is 0 Å². The molecule has 2 heterocycles. The second kappa shape index (κ2) is 6.75. The maximum Gasteiger partial charge on any atom is 0.138 e. The van der Waals surface area contributed by atoms with Crippen LogP contribution in [-0.4, -0.2) is 18.0 Å². The lowest BCUT2D eigenvalue weighted by Crippen LogP contribution is -2.21. The van der Waals surface area contributed by atoms with Crippen molar-refractivity contribution in [1.29, 1.82) is 0 Å². The Kier molecular flexibility index (Phi) is 4.74. The molecule has 2 aromatic rings. The highest BCUT2D eigenvalue weighted by molar-refractivity contribution is 7.99. The van der Waals surface area contributed by atoms with Gasteiger partial charge in [0.15, 0.2) is 0 Å². The van der Waals surface area contributed by atoms with Crippen LogP contribution in [0.3, 0.4) is 0 Å². The summed E-state index contributed by atoms with van der Waals surface area (Å²) in [5.41, 5.74) is 3.48. The number of rotatable bonds is 4. The van der Waals surface area contributed by atoms with Crippen molar-refractivity contribution in [2.75, 3.05) is 12.9 Å². The van der Waals surface area contributed by atoms with Crippen molar-refractivity contribution >= 4 is 11.8 Å². The van der Waals surface area contributed by atoms with Crippen LogP contribution in [0.15, 0.2) is 27.6 Å². The Labute approximate surface area is 135 Å². The standard InChI is InChI=1S/C17H22N2O2S/c1-11-15(12(2)21-19-11)10-18-16-5-4-8-22-17-7-6-13(20-3)9-14(16)17/h6-7,9,16,18H,4-5,8,10H2,1-3H3/t16-/m1/s1. The van der Waals surface area contributed by atoms with Gasteiger partial charge >= 0.3 is 0 Å². The molecule has 1 aliphatic rings. The van der Waals surface area contributed by atoms with Gasteiger partial charge in [-0.1, -0.05) is 5.16 Å². The Balaban J connectivity index is 1.82. The molecule has 1 aliphatic heterocycles. The number of aromatic nitrogens is 1. The first-order chi connectivity index (χ1) is 10.7. The number of aryl methyl sites for hydroxylation is 2. The molecule has 1 aromatic carbocycles. The molecule has 1 N–H and O–H groups in total. The maximum absolute atomic E-state index is 5.40. The Hall–Kier alpha value is -1.46. The molecule has 0 amide bonds. The molecule has 1 atom stereocenters. The summed E-state index contributed by atoms with van der Waals surface area (Å²) in [5.74, 6) is 2.99. The molecule has 0 radical (unpaired) electrons. The van der Waals surface area contributed by atoms with Crippen LogP contribution in [-0.2, 0) is 6.54 Å². The minimum atomic E-state index is 0.341. The monoisotopic (exact) mass is 318 g/mol. The molecule has 0 unspecified atom stereocenters. The fourth-order valence-corrected chi connectivity index (χ4v) is 3.94. The highest BCUT2D eigenvalue weighted by Crippen LogP contribution is 2.37. The Bertz CT molecular complexity index is 635. The third-order valence-corrected chi connectivity index (χ3v) is 5.37. The summed E-state index contributed by atoms with van der Waals surface area (Å²) >= 11 is 1.94. The van der Waals surface area contributed by atoms with Crippen molar-refractivity contribution < 1.29 is 9.26 Å². The van der Waals surface area contributed by atoms with E-state index in [1.54, 1.807) is 7.11 Å². The summed E-state index contributed by atoms with van der Waals surface area (Å²) in [6.07, 6.45) is 2.34. The molecule has 0 spiro atoms. The van der Waals surface area contributed by atoms with Crippen LogP contribution in [0.4, 0.5) is 0 Å². The summed E-state index contributed by atoms with van der Waals surface area (Å²) in [5, 5.41) is 7.72. The third kappa shape index (κ3) is 3.15. The number of thioether (sulfide) groups is 1. The molecule has 22 heavy (non-hydrogen) atoms. The van der Waals surface area contributed by atoms with E-state index < -0.39 is 0 Å². The molecule has 3 rings (SSSR count). The first-order valence-corrected chi connectivity index (χ1v) is 8.63. The first kappa shape index (κ1) is 15.4. The van der Waals surface area contributed by atoms with Crippen molar-refractivity contribution in [1.82, 2.24) is 10.5 Å². The number of nitrogens with one attached hydrogen (secondary N) is 1. The van der Waals surface area contributed by atoms with Gasteiger partial charge in [-0.3, -0.25) is 0 Å². The van der Waals surface area contributed by atoms with Gasteiger partial charge in [0.1, 0.15) is 11.5 Å². The van der Waals surface area contributed by atoms with Crippen LogP contribution < -0.4 is 10.1 Å². The van der Waals surface area contributed by atoms with Crippen LogP contribution in [0, 0.1) is 13.8 Å². The first-order valence-electron chi connectivity index (χ1n) is 7.65. The number of methoxy groups -OCH3 is 1. The highest BCUT2D eigenvalue weighted by Gasteiger charge is 2.20. The van der Waals surface area contributed by atoms with Gasteiger partial charge < -0.3 is 14.6 Å². The zero-order valence-corrected chi connectivity index (χ0v) is 14.1. The normalized spacial score (nSPS) is 17.9. The lowest BCUT2D eigenvalue weighted by molar-refractivity contribution is 0.391. The molecule has 0 aliphatic carbocycles. The zero-order chi connectivity index (χ0) is 15.5. The summed E-state index contributed by atoms with van der Waals surface area (Å²) in [7, 11) is 1.72. The highest BCUT2D eigenvalue weighted by atomic mass is 32.2. The molecule has 4 nitrogen and oxygen atoms in total. The minimum absolute atomic E-state index is 0.341. The summed E-state index contributed by atoms with van der Waals surface area (Å²) < 4.78 is 10.6. The van der Waals surface area contributed by atoms with E-state index in [0.717, 1.165) is 30.2 Å². The predicted molar refractivity (Wildman–Crippen MR) is 88.5 cm³/mol. The molecule has 0 saturated heterocycles. The van der Waals surface area contributed by atoms with Gasteiger partial charge in [0.2, 0.25) is 0 Å². The van der Waals surface area contributed by atoms with Crippen molar-refractivity contribution in [3.05, 3.63) is 40.8 Å². The Morgan fingerprint density at radius 3 is 3.00 bits per heavy atom. The van der Waals surface area contributed by atoms with Gasteiger partial charge in [0.25, 0.3) is 0 Å². The average molecular weight is 318 g/mol. The van der Waals surface area contributed by atoms with Crippen LogP contribution in [0.2, 0.25) is 0 Å². The molecule has 118 valence electrons. The fraction of sp³-hybridized carbons (Fsp3) is 0.471. The van der Waals surface area contributed by atoms with Crippen molar-refractivity contribution in [2.45, 2.75) is 44.2 Å².